The van der Waals surface area contributed by atoms with Crippen molar-refractivity contribution in [2.24, 2.45) is 0 Å². The van der Waals surface area contributed by atoms with Crippen LogP contribution in [-0.2, 0) is 4.74 Å². The third kappa shape index (κ3) is 2.03. The highest BCUT2D eigenvalue weighted by molar-refractivity contribution is 8.03. The van der Waals surface area contributed by atoms with Gasteiger partial charge in [-0.25, -0.2) is 0 Å². The lowest BCUT2D eigenvalue weighted by Crippen LogP contribution is -2.05. The summed E-state index contributed by atoms with van der Waals surface area (Å²) < 4.78 is 5.02. The molecule has 0 N–H and O–H groups in total. The molecule has 0 fully saturated rings. The molecule has 0 aliphatic carbocycles. The number of allylic oxidation sites excluding steroid dienone is 2. The van der Waals surface area contributed by atoms with Crippen LogP contribution < -0.4 is 0 Å². The maximum atomic E-state index is 5.02. The molecule has 1 nitrogen and oxygen atoms in total. The second-order valence-electron chi connectivity index (χ2n) is 2.25. The van der Waals surface area contributed by atoms with E-state index in [1.165, 1.54) is 11.3 Å². The minimum absolute atomic E-state index is 0.690. The Balaban J connectivity index is 2.21. The predicted molar refractivity (Wildman–Crippen MR) is 41.6 cm³/mol. The average molecular weight is 144 g/mol. The van der Waals surface area contributed by atoms with Crippen molar-refractivity contribution >= 4 is 11.8 Å². The smallest absolute Gasteiger partial charge is 0.0587 e. The van der Waals surface area contributed by atoms with Crippen LogP contribution in [0.1, 0.15) is 13.3 Å². The van der Waals surface area contributed by atoms with Crippen molar-refractivity contribution in [3.05, 3.63) is 11.0 Å². The van der Waals surface area contributed by atoms with Gasteiger partial charge >= 0.3 is 0 Å². The molecular formula is C7H12OS. The molecule has 1 heterocycles. The number of hydrogen-bond donors (Lipinski definition) is 0. The first-order valence-electron chi connectivity index (χ1n) is 3.15. The van der Waals surface area contributed by atoms with Crippen LogP contribution in [0.25, 0.3) is 0 Å². The Morgan fingerprint density at radius 1 is 1.89 bits per heavy atom. The molecular weight excluding hydrogens is 132 g/mol. The van der Waals surface area contributed by atoms with E-state index in [1.807, 2.05) is 11.8 Å². The molecule has 52 valence electrons. The molecule has 0 spiro atoms. The molecule has 0 saturated carbocycles. The van der Waals surface area contributed by atoms with Crippen LogP contribution in [0.3, 0.4) is 0 Å². The van der Waals surface area contributed by atoms with Gasteiger partial charge in [-0.15, -0.1) is 11.8 Å². The number of hydrogen-bond acceptors (Lipinski definition) is 2. The van der Waals surface area contributed by atoms with Gasteiger partial charge in [0.15, 0.2) is 0 Å². The zero-order valence-electron chi connectivity index (χ0n) is 5.89. The molecule has 0 aromatic carbocycles. The van der Waals surface area contributed by atoms with Crippen LogP contribution in [0.5, 0.6) is 0 Å². The summed E-state index contributed by atoms with van der Waals surface area (Å²) in [6.07, 6.45) is 3.46. The minimum atomic E-state index is 0.690. The highest BCUT2D eigenvalue weighted by Crippen LogP contribution is 2.31. The highest BCUT2D eigenvalue weighted by Gasteiger charge is 2.13. The predicted octanol–water partition coefficient (Wildman–Crippen LogP) is 2.04. The molecule has 2 heteroatoms. The van der Waals surface area contributed by atoms with Crippen molar-refractivity contribution in [1.29, 1.82) is 0 Å². The van der Waals surface area contributed by atoms with E-state index >= 15 is 0 Å². The van der Waals surface area contributed by atoms with E-state index in [0.29, 0.717) is 5.25 Å². The third-order valence-corrected chi connectivity index (χ3v) is 2.57. The first-order valence-corrected chi connectivity index (χ1v) is 4.03. The summed E-state index contributed by atoms with van der Waals surface area (Å²) in [6.45, 7) is 3.04. The summed E-state index contributed by atoms with van der Waals surface area (Å²) in [4.78, 5) is 1.44. The van der Waals surface area contributed by atoms with Gasteiger partial charge in [-0.2, -0.15) is 0 Å². The van der Waals surface area contributed by atoms with Gasteiger partial charge in [0.2, 0.25) is 0 Å². The van der Waals surface area contributed by atoms with Crippen LogP contribution in [0.2, 0.25) is 0 Å². The van der Waals surface area contributed by atoms with Gasteiger partial charge in [0.25, 0.3) is 0 Å². The fourth-order valence-electron chi connectivity index (χ4n) is 0.944. The van der Waals surface area contributed by atoms with E-state index < -0.39 is 0 Å². The number of thioether (sulfide) groups is 1. The van der Waals surface area contributed by atoms with Gasteiger partial charge in [0.05, 0.1) is 6.61 Å². The molecule has 1 rings (SSSR count). The van der Waals surface area contributed by atoms with Crippen molar-refractivity contribution < 1.29 is 4.74 Å². The molecule has 1 aliphatic rings. The van der Waals surface area contributed by atoms with Crippen LogP contribution in [-0.4, -0.2) is 19.0 Å². The lowest BCUT2D eigenvalue weighted by atomic mass is 10.3. The zero-order valence-corrected chi connectivity index (χ0v) is 6.70. The van der Waals surface area contributed by atoms with Crippen LogP contribution in [0.15, 0.2) is 11.0 Å². The summed E-state index contributed by atoms with van der Waals surface area (Å²) in [6, 6.07) is 0. The summed E-state index contributed by atoms with van der Waals surface area (Å²) in [7, 11) is 1.76. The normalized spacial score (nSPS) is 26.4. The van der Waals surface area contributed by atoms with E-state index in [9.17, 15) is 0 Å². The van der Waals surface area contributed by atoms with Crippen LogP contribution in [0, 0.1) is 0 Å². The Kier molecular flexibility index (Phi) is 2.61. The van der Waals surface area contributed by atoms with Crippen molar-refractivity contribution in [3.8, 4) is 0 Å². The monoisotopic (exact) mass is 144 g/mol. The third-order valence-electron chi connectivity index (χ3n) is 1.37. The van der Waals surface area contributed by atoms with E-state index in [2.05, 4.69) is 13.0 Å². The van der Waals surface area contributed by atoms with Crippen LogP contribution >= 0.6 is 11.8 Å². The van der Waals surface area contributed by atoms with E-state index in [0.717, 1.165) is 6.61 Å². The van der Waals surface area contributed by atoms with E-state index in [-0.39, 0.29) is 0 Å². The Hall–Kier alpha value is 0.0500. The Labute approximate surface area is 60.5 Å². The van der Waals surface area contributed by atoms with Gasteiger partial charge < -0.3 is 4.74 Å². The second kappa shape index (κ2) is 3.28. The van der Waals surface area contributed by atoms with Gasteiger partial charge in [-0.3, -0.25) is 0 Å². The molecule has 1 unspecified atom stereocenters. The molecule has 0 aromatic rings. The van der Waals surface area contributed by atoms with E-state index in [1.54, 1.807) is 7.11 Å². The Morgan fingerprint density at radius 2 is 2.67 bits per heavy atom. The summed E-state index contributed by atoms with van der Waals surface area (Å²) in [5.74, 6) is 0. The van der Waals surface area contributed by atoms with Crippen LogP contribution in [0.4, 0.5) is 0 Å². The van der Waals surface area contributed by atoms with Gasteiger partial charge in [0, 0.05) is 12.4 Å². The molecule has 0 saturated heterocycles. The van der Waals surface area contributed by atoms with Gasteiger partial charge in [-0.1, -0.05) is 6.08 Å². The molecule has 9 heavy (non-hydrogen) atoms. The molecule has 0 amide bonds. The van der Waals surface area contributed by atoms with Crippen molar-refractivity contribution in [2.75, 3.05) is 13.7 Å². The lowest BCUT2D eigenvalue weighted by Gasteiger charge is -2.05. The summed E-state index contributed by atoms with van der Waals surface area (Å²) in [5, 5.41) is 0.690. The lowest BCUT2D eigenvalue weighted by molar-refractivity contribution is 0.200. The number of ether oxygens (including phenoxy) is 1. The zero-order chi connectivity index (χ0) is 6.69. The topological polar surface area (TPSA) is 9.23 Å². The fraction of sp³-hybridized carbons (Fsp3) is 0.714. The minimum Gasteiger partial charge on any atom is -0.384 e. The highest BCUT2D eigenvalue weighted by atomic mass is 32.2. The molecule has 1 aliphatic heterocycles. The SMILES string of the molecule is COCC1CC=C(C)S1. The maximum Gasteiger partial charge on any atom is 0.0587 e. The number of methoxy groups -OCH3 is 1. The number of rotatable bonds is 2. The quantitative estimate of drug-likeness (QED) is 0.586. The van der Waals surface area contributed by atoms with Crippen molar-refractivity contribution in [3.63, 3.8) is 0 Å². The van der Waals surface area contributed by atoms with Gasteiger partial charge in [-0.05, 0) is 18.2 Å². The first kappa shape index (κ1) is 7.16. The Morgan fingerprint density at radius 3 is 3.11 bits per heavy atom. The van der Waals surface area contributed by atoms with Crippen molar-refractivity contribution in [2.45, 2.75) is 18.6 Å². The second-order valence-corrected chi connectivity index (χ2v) is 3.79. The van der Waals surface area contributed by atoms with Crippen molar-refractivity contribution in [1.82, 2.24) is 0 Å². The average Bonchev–Trinajstić information content (AvgIpc) is 2.17. The Bertz CT molecular complexity index is 120. The standard InChI is InChI=1S/C7H12OS/c1-6-3-4-7(9-6)5-8-2/h3,7H,4-5H2,1-2H3. The van der Waals surface area contributed by atoms with Gasteiger partial charge in [0.1, 0.15) is 0 Å². The maximum absolute atomic E-state index is 5.02. The molecule has 0 aromatic heterocycles. The summed E-state index contributed by atoms with van der Waals surface area (Å²) >= 11 is 1.93. The summed E-state index contributed by atoms with van der Waals surface area (Å²) in [5.41, 5.74) is 0. The fourth-order valence-corrected chi connectivity index (χ4v) is 2.06. The largest absolute Gasteiger partial charge is 0.384 e. The first-order chi connectivity index (χ1) is 4.33. The molecule has 0 bridgehead atoms. The molecule has 0 radical (unpaired) electrons. The van der Waals surface area contributed by atoms with E-state index in [4.69, 9.17) is 4.74 Å². The molecule has 1 atom stereocenters.